The Bertz CT molecular complexity index is 601. The summed E-state index contributed by atoms with van der Waals surface area (Å²) in [4.78, 5) is 2.69. The molecule has 3 aliphatic rings. The number of hydrogen-bond donors (Lipinski definition) is 1. The number of hydrogen-bond acceptors (Lipinski definition) is 5. The molecule has 1 saturated carbocycles. The summed E-state index contributed by atoms with van der Waals surface area (Å²) in [7, 11) is 1.72. The lowest BCUT2D eigenvalue weighted by molar-refractivity contribution is 0.149. The van der Waals surface area contributed by atoms with E-state index in [0.717, 1.165) is 35.3 Å². The molecule has 0 amide bonds. The lowest BCUT2D eigenvalue weighted by Crippen LogP contribution is -2.47. The summed E-state index contributed by atoms with van der Waals surface area (Å²) >= 11 is 0. The molecule has 144 valence electrons. The number of likely N-dealkylation sites (tertiary alicyclic amines) is 1. The monoisotopic (exact) mass is 360 g/mol. The molecule has 1 saturated heterocycles. The van der Waals surface area contributed by atoms with Crippen molar-refractivity contribution in [2.45, 2.75) is 57.5 Å². The van der Waals surface area contributed by atoms with Gasteiger partial charge in [0, 0.05) is 37.3 Å². The maximum atomic E-state index is 5.55. The average Bonchev–Trinajstić information content (AvgIpc) is 3.14. The highest BCUT2D eigenvalue weighted by molar-refractivity contribution is 5.51. The minimum absolute atomic E-state index is 0.300. The molecular formula is C21H32N2O3. The van der Waals surface area contributed by atoms with Crippen molar-refractivity contribution in [3.63, 3.8) is 0 Å². The van der Waals surface area contributed by atoms with Crippen molar-refractivity contribution in [1.29, 1.82) is 0 Å². The van der Waals surface area contributed by atoms with Gasteiger partial charge < -0.3 is 24.4 Å². The van der Waals surface area contributed by atoms with Gasteiger partial charge in [0.1, 0.15) is 5.75 Å². The fourth-order valence-corrected chi connectivity index (χ4v) is 4.67. The molecule has 4 rings (SSSR count). The van der Waals surface area contributed by atoms with Gasteiger partial charge in [-0.1, -0.05) is 19.3 Å². The van der Waals surface area contributed by atoms with E-state index in [2.05, 4.69) is 16.3 Å². The molecule has 5 nitrogen and oxygen atoms in total. The van der Waals surface area contributed by atoms with Crippen LogP contribution in [0.2, 0.25) is 0 Å². The van der Waals surface area contributed by atoms with Crippen LogP contribution in [0.4, 0.5) is 0 Å². The molecule has 1 aliphatic carbocycles. The Morgan fingerprint density at radius 3 is 2.69 bits per heavy atom. The quantitative estimate of drug-likeness (QED) is 0.840. The van der Waals surface area contributed by atoms with E-state index in [4.69, 9.17) is 14.2 Å². The first kappa shape index (κ1) is 17.9. The summed E-state index contributed by atoms with van der Waals surface area (Å²) in [6.07, 6.45) is 9.73. The second-order valence-corrected chi connectivity index (χ2v) is 8.00. The zero-order valence-corrected chi connectivity index (χ0v) is 16.0. The van der Waals surface area contributed by atoms with E-state index < -0.39 is 0 Å². The Balaban J connectivity index is 1.31. The summed E-state index contributed by atoms with van der Waals surface area (Å²) in [5.41, 5.74) is 1.14. The van der Waals surface area contributed by atoms with Crippen molar-refractivity contribution in [2.75, 3.05) is 33.5 Å². The van der Waals surface area contributed by atoms with Crippen LogP contribution in [0.5, 0.6) is 17.2 Å². The topological polar surface area (TPSA) is 43.0 Å². The van der Waals surface area contributed by atoms with Gasteiger partial charge in [0.05, 0.1) is 7.11 Å². The van der Waals surface area contributed by atoms with E-state index in [0.29, 0.717) is 12.8 Å². The van der Waals surface area contributed by atoms with Gasteiger partial charge in [0.25, 0.3) is 0 Å². The molecule has 0 unspecified atom stereocenters. The molecule has 1 aromatic rings. The highest BCUT2D eigenvalue weighted by atomic mass is 16.7. The Hall–Kier alpha value is -1.46. The van der Waals surface area contributed by atoms with Crippen molar-refractivity contribution >= 4 is 0 Å². The summed E-state index contributed by atoms with van der Waals surface area (Å²) in [6.45, 7) is 4.84. The highest BCUT2D eigenvalue weighted by Gasteiger charge is 2.24. The normalized spacial score (nSPS) is 24.0. The zero-order chi connectivity index (χ0) is 17.8. The lowest BCUT2D eigenvalue weighted by atomic mass is 9.88. The molecule has 1 atom stereocenters. The van der Waals surface area contributed by atoms with Gasteiger partial charge in [-0.05, 0) is 44.2 Å². The first-order valence-electron chi connectivity index (χ1n) is 10.2. The van der Waals surface area contributed by atoms with Crippen molar-refractivity contribution in [1.82, 2.24) is 10.2 Å². The molecule has 0 spiro atoms. The molecule has 2 aliphatic heterocycles. The van der Waals surface area contributed by atoms with Crippen LogP contribution in [-0.4, -0.2) is 44.5 Å². The lowest BCUT2D eigenvalue weighted by Gasteiger charge is -2.36. The summed E-state index contributed by atoms with van der Waals surface area (Å²) in [5, 5.41) is 3.75. The molecule has 1 N–H and O–H groups in total. The van der Waals surface area contributed by atoms with Crippen LogP contribution in [-0.2, 0) is 6.54 Å². The minimum Gasteiger partial charge on any atom is -0.496 e. The molecule has 2 fully saturated rings. The van der Waals surface area contributed by atoms with Gasteiger partial charge in [0.2, 0.25) is 6.79 Å². The van der Waals surface area contributed by atoms with Crippen LogP contribution in [0, 0.1) is 5.92 Å². The van der Waals surface area contributed by atoms with Crippen LogP contribution in [0.3, 0.4) is 0 Å². The van der Waals surface area contributed by atoms with Crippen molar-refractivity contribution < 1.29 is 14.2 Å². The zero-order valence-electron chi connectivity index (χ0n) is 16.0. The summed E-state index contributed by atoms with van der Waals surface area (Å²) < 4.78 is 16.5. The molecule has 0 aromatic heterocycles. The second-order valence-electron chi connectivity index (χ2n) is 8.00. The first-order chi connectivity index (χ1) is 12.8. The molecule has 5 heteroatoms. The third-order valence-electron chi connectivity index (χ3n) is 6.10. The van der Waals surface area contributed by atoms with E-state index in [1.165, 1.54) is 64.6 Å². The molecule has 0 radical (unpaired) electrons. The predicted octanol–water partition coefficient (Wildman–Crippen LogP) is 3.56. The Morgan fingerprint density at radius 2 is 1.88 bits per heavy atom. The van der Waals surface area contributed by atoms with Crippen molar-refractivity contribution in [3.8, 4) is 17.2 Å². The fourth-order valence-electron chi connectivity index (χ4n) is 4.67. The number of nitrogens with zero attached hydrogens (tertiary/aromatic N) is 1. The minimum atomic E-state index is 0.300. The largest absolute Gasteiger partial charge is 0.496 e. The number of benzene rings is 1. The molecular weight excluding hydrogens is 328 g/mol. The number of ether oxygens (including phenoxy) is 3. The molecule has 26 heavy (non-hydrogen) atoms. The fraction of sp³-hybridized carbons (Fsp3) is 0.714. The van der Waals surface area contributed by atoms with Crippen molar-refractivity contribution in [2.24, 2.45) is 5.92 Å². The standard InChI is InChI=1S/C21H32N2O3/c1-24-19-11-21-20(25-15-26-21)10-17(19)12-22-18-8-5-9-23(14-18)13-16-6-3-2-4-7-16/h10-11,16,18,22H,2-9,12-15H2,1H3/t18-/m0/s1. The number of piperidine rings is 1. The third-order valence-corrected chi connectivity index (χ3v) is 6.10. The van der Waals surface area contributed by atoms with E-state index in [-0.39, 0.29) is 0 Å². The number of rotatable bonds is 6. The first-order valence-corrected chi connectivity index (χ1v) is 10.2. The third kappa shape index (κ3) is 4.26. The van der Waals surface area contributed by atoms with Gasteiger partial charge in [-0.25, -0.2) is 0 Å². The van der Waals surface area contributed by atoms with E-state index in [1.807, 2.05) is 6.07 Å². The van der Waals surface area contributed by atoms with Gasteiger partial charge in [-0.3, -0.25) is 0 Å². The van der Waals surface area contributed by atoms with Crippen LogP contribution >= 0.6 is 0 Å². The maximum absolute atomic E-state index is 5.55. The Labute approximate surface area is 157 Å². The smallest absolute Gasteiger partial charge is 0.231 e. The van der Waals surface area contributed by atoms with Crippen molar-refractivity contribution in [3.05, 3.63) is 17.7 Å². The average molecular weight is 360 g/mol. The Kier molecular flexibility index (Phi) is 5.85. The van der Waals surface area contributed by atoms with Gasteiger partial charge in [0.15, 0.2) is 11.5 Å². The summed E-state index contributed by atoms with van der Waals surface area (Å²) in [6, 6.07) is 4.55. The molecule has 1 aromatic carbocycles. The van der Waals surface area contributed by atoms with E-state index in [9.17, 15) is 0 Å². The number of methoxy groups -OCH3 is 1. The van der Waals surface area contributed by atoms with Crippen LogP contribution < -0.4 is 19.5 Å². The second kappa shape index (κ2) is 8.49. The molecule has 2 heterocycles. The Morgan fingerprint density at radius 1 is 1.08 bits per heavy atom. The number of fused-ring (bicyclic) bond motifs is 1. The van der Waals surface area contributed by atoms with E-state index in [1.54, 1.807) is 7.11 Å². The van der Waals surface area contributed by atoms with E-state index >= 15 is 0 Å². The molecule has 0 bridgehead atoms. The van der Waals surface area contributed by atoms with Crippen LogP contribution in [0.25, 0.3) is 0 Å². The predicted molar refractivity (Wildman–Crippen MR) is 102 cm³/mol. The van der Waals surface area contributed by atoms with Gasteiger partial charge in [-0.2, -0.15) is 0 Å². The van der Waals surface area contributed by atoms with Gasteiger partial charge in [-0.15, -0.1) is 0 Å². The van der Waals surface area contributed by atoms with Gasteiger partial charge >= 0.3 is 0 Å². The SMILES string of the molecule is COc1cc2c(cc1CN[C@H]1CCCN(CC3CCCCC3)C1)OCO2. The maximum Gasteiger partial charge on any atom is 0.231 e. The summed E-state index contributed by atoms with van der Waals surface area (Å²) in [5.74, 6) is 3.40. The number of nitrogens with one attached hydrogen (secondary N) is 1. The van der Waals surface area contributed by atoms with Crippen LogP contribution in [0.1, 0.15) is 50.5 Å². The van der Waals surface area contributed by atoms with Crippen LogP contribution in [0.15, 0.2) is 12.1 Å². The highest BCUT2D eigenvalue weighted by Crippen LogP contribution is 2.38.